The van der Waals surface area contributed by atoms with Gasteiger partial charge in [0.2, 0.25) is 23.7 Å². The number of carboxylic acid groups (broad SMARTS) is 2. The lowest BCUT2D eigenvalue weighted by molar-refractivity contribution is -0.141. The fraction of sp³-hybridized carbons (Fsp3) is 0.519. The Labute approximate surface area is 692 Å². The number of H-pyrrole nitrogens is 3. The van der Waals surface area contributed by atoms with Crippen molar-refractivity contribution in [3.8, 4) is 0 Å². The molecule has 40 heteroatoms. The van der Waals surface area contributed by atoms with Gasteiger partial charge in [-0.05, 0) is 93.6 Å². The summed E-state index contributed by atoms with van der Waals surface area (Å²) in [5.41, 5.74) is 18.6. The summed E-state index contributed by atoms with van der Waals surface area (Å²) in [6.07, 6.45) is 0.946. The SMILES string of the molecule is CC[C@H]1c2cc3[nH]c4c(c3C)C(=O)C(C(=O)OC)c4c3nc(cc4[nH]c(cc(n2)[C@@H]1C)c(C(C)=O)c4C)[C@@H](C)[C@@H]3CCC(=O)NNC(=O)OCCSSC[C@H](NC(=O)CCOCCOCCOCCOCCOCCOCCOCCOCCNC(=O)CC[C@H](NC(=O)c1ccc(NCc2cnc3nc(N)[nH]c(=O)c3n2)cc1)C(=O)O)C(=O)O. The highest BCUT2D eigenvalue weighted by Crippen LogP contribution is 2.48. The summed E-state index contributed by atoms with van der Waals surface area (Å²) < 4.78 is 54.5. The van der Waals surface area contributed by atoms with E-state index in [4.69, 9.17) is 63.1 Å². The molecule has 0 saturated heterocycles. The van der Waals surface area contributed by atoms with Crippen molar-refractivity contribution >= 4 is 126 Å². The molecule has 5 amide bonds. The number of ketones is 2. The zero-order valence-electron chi connectivity index (χ0n) is 67.3. The molecule has 5 aromatic heterocycles. The number of esters is 1. The summed E-state index contributed by atoms with van der Waals surface area (Å²) in [5.74, 6) is -8.00. The summed E-state index contributed by atoms with van der Waals surface area (Å²) in [6.45, 7) is 16.3. The maximum absolute atomic E-state index is 14.5. The minimum absolute atomic E-state index is 0.00455. The number of Topliss-reactive ketones (excluding diaryl/α,β-unsaturated/α-hetero) is 2. The van der Waals surface area contributed by atoms with E-state index in [0.29, 0.717) is 145 Å². The predicted molar refractivity (Wildman–Crippen MR) is 437 cm³/mol. The maximum Gasteiger partial charge on any atom is 0.426 e. The van der Waals surface area contributed by atoms with Crippen molar-refractivity contribution in [3.63, 3.8) is 0 Å². The van der Waals surface area contributed by atoms with Gasteiger partial charge in [-0.15, -0.1) is 0 Å². The van der Waals surface area contributed by atoms with Crippen LogP contribution in [0, 0.1) is 13.8 Å². The number of amides is 5. The van der Waals surface area contributed by atoms with Crippen LogP contribution in [0.25, 0.3) is 33.2 Å². The van der Waals surface area contributed by atoms with Crippen LogP contribution in [0.3, 0.4) is 0 Å². The second kappa shape index (κ2) is 46.7. The van der Waals surface area contributed by atoms with Crippen molar-refractivity contribution in [1.82, 2.24) is 66.7 Å². The smallest absolute Gasteiger partial charge is 0.426 e. The molecular formula is C79H103N15O23S2. The first kappa shape index (κ1) is 92.3. The van der Waals surface area contributed by atoms with Gasteiger partial charge in [0.25, 0.3) is 11.5 Å². The minimum atomic E-state index is -1.34. The number of carbonyl (C=O) groups is 10. The molecule has 3 aliphatic rings. The van der Waals surface area contributed by atoms with Crippen molar-refractivity contribution in [2.24, 2.45) is 0 Å². The van der Waals surface area contributed by atoms with Gasteiger partial charge in [0.1, 0.15) is 24.6 Å². The molecule has 7 heterocycles. The molecule has 1 unspecified atom stereocenters. The van der Waals surface area contributed by atoms with E-state index in [-0.39, 0.29) is 143 Å². The molecule has 0 radical (unpaired) electrons. The number of fused-ring (bicyclic) bond motifs is 9. The standard InChI is InChI=1S/C79H103N15O23S2/c1-8-51-43(2)54-39-59-64(47(6)95)45(4)56(86-59)37-55-44(3)52(68(88-55)66-67(77(106)108-7)71(99)65-46(5)57(89-69(65)66)38-58(51)85-54)13-15-63(98)93-94-79(107)117-35-36-118-119-42-60(76(104)105)87-62(97)17-19-109-21-23-111-25-27-113-29-31-115-33-34-116-32-30-114-28-26-112-24-22-110-20-18-81-61(96)16-14-53(75(102)103)90-73(100)48-9-11-49(12-10-48)82-40-50-41-83-72-70(84-50)74(101)92-78(80)91-72/h9-12,37-39,41,43-44,51-53,60,67,82,86,89H,8,13-36,40,42H2,1-7H3,(H,81,96)(H,87,97)(H,90,100)(H,93,98)(H,94,107)(H,102,103)(H,104,105)(H3,80,83,91,92,101)/t43-,44+,51-,52+,53+,60+,67?/m1/s1. The van der Waals surface area contributed by atoms with Crippen LogP contribution in [0.4, 0.5) is 16.4 Å². The second-order valence-electron chi connectivity index (χ2n) is 27.9. The minimum Gasteiger partial charge on any atom is -0.480 e. The van der Waals surface area contributed by atoms with Crippen molar-refractivity contribution in [1.29, 1.82) is 0 Å². The van der Waals surface area contributed by atoms with Crippen molar-refractivity contribution in [3.05, 3.63) is 121 Å². The van der Waals surface area contributed by atoms with Crippen LogP contribution in [0.15, 0.2) is 53.5 Å². The lowest BCUT2D eigenvalue weighted by Crippen LogP contribution is -2.42. The monoisotopic (exact) mass is 1690 g/mol. The average molecular weight is 1690 g/mol. The molecule has 9 rings (SSSR count). The van der Waals surface area contributed by atoms with Gasteiger partial charge in [-0.3, -0.25) is 58.7 Å². The molecule has 644 valence electrons. The average Bonchev–Trinajstić information content (AvgIpc) is 1.56. The molecule has 6 aromatic rings. The van der Waals surface area contributed by atoms with Gasteiger partial charge in [0.05, 0.1) is 148 Å². The number of carboxylic acids is 2. The number of benzene rings is 1. The first-order chi connectivity index (χ1) is 57.3. The normalized spacial score (nSPS) is 15.9. The van der Waals surface area contributed by atoms with E-state index in [1.807, 2.05) is 39.0 Å². The Morgan fingerprint density at radius 3 is 1.82 bits per heavy atom. The summed E-state index contributed by atoms with van der Waals surface area (Å²) in [6, 6.07) is 9.46. The first-order valence-corrected chi connectivity index (χ1v) is 41.5. The highest BCUT2D eigenvalue weighted by Gasteiger charge is 2.46. The molecular weight excluding hydrogens is 1590 g/mol. The molecule has 0 fully saturated rings. The zero-order valence-corrected chi connectivity index (χ0v) is 69.0. The van der Waals surface area contributed by atoms with Gasteiger partial charge in [0, 0.05) is 117 Å². The number of rotatable bonds is 50. The molecule has 2 aliphatic heterocycles. The van der Waals surface area contributed by atoms with Crippen molar-refractivity contribution < 1.29 is 106 Å². The number of aryl methyl sites for hydroxylation is 2. The molecule has 7 atom stereocenters. The van der Waals surface area contributed by atoms with Crippen LogP contribution in [0.5, 0.6) is 0 Å². The van der Waals surface area contributed by atoms with Crippen LogP contribution in [0.2, 0.25) is 0 Å². The summed E-state index contributed by atoms with van der Waals surface area (Å²) in [4.78, 5) is 173. The number of hydrogen-bond acceptors (Lipinski definition) is 30. The van der Waals surface area contributed by atoms with Crippen LogP contribution in [0.1, 0.15) is 172 Å². The van der Waals surface area contributed by atoms with Crippen LogP contribution >= 0.6 is 21.6 Å². The van der Waals surface area contributed by atoms with Gasteiger partial charge in [-0.1, -0.05) is 42.4 Å². The number of carbonyl (C=O) groups excluding carboxylic acids is 8. The van der Waals surface area contributed by atoms with Crippen molar-refractivity contribution in [2.75, 3.05) is 149 Å². The third kappa shape index (κ3) is 26.7. The van der Waals surface area contributed by atoms with Crippen molar-refractivity contribution in [2.45, 2.75) is 128 Å². The number of ether oxygens (including phenoxy) is 10. The number of hydrogen-bond donors (Lipinski definition) is 12. The topological polar surface area (TPSA) is 531 Å². The van der Waals surface area contributed by atoms with E-state index in [1.54, 1.807) is 12.1 Å². The van der Waals surface area contributed by atoms with Gasteiger partial charge in [-0.25, -0.2) is 29.8 Å². The maximum atomic E-state index is 14.5. The molecule has 0 saturated carbocycles. The van der Waals surface area contributed by atoms with E-state index in [2.05, 4.69) is 75.9 Å². The Hall–Kier alpha value is -10.6. The Morgan fingerprint density at radius 1 is 0.613 bits per heavy atom. The number of nitrogens with one attached hydrogen (secondary N) is 9. The van der Waals surface area contributed by atoms with Gasteiger partial charge < -0.3 is 94.6 Å². The van der Waals surface area contributed by atoms with E-state index in [9.17, 15) is 63.0 Å². The van der Waals surface area contributed by atoms with Crippen LogP contribution in [-0.4, -0.2) is 259 Å². The van der Waals surface area contributed by atoms with Crippen LogP contribution in [-0.2, 0) is 82.7 Å². The summed E-state index contributed by atoms with van der Waals surface area (Å²) in [5, 5.41) is 30.2. The number of nitrogen functional groups attached to an aromatic ring is 1. The number of aromatic amines is 3. The molecule has 13 N–H and O–H groups in total. The zero-order chi connectivity index (χ0) is 85.5. The van der Waals surface area contributed by atoms with E-state index < -0.39 is 82.9 Å². The number of aromatic nitrogens is 8. The largest absolute Gasteiger partial charge is 0.480 e. The number of nitrogens with zero attached hydrogens (tertiary/aromatic N) is 5. The number of methoxy groups -OCH3 is 1. The summed E-state index contributed by atoms with van der Waals surface area (Å²) in [7, 11) is 3.59. The Balaban J connectivity index is 0.537. The molecule has 38 nitrogen and oxygen atoms in total. The van der Waals surface area contributed by atoms with Gasteiger partial charge in [-0.2, -0.15) is 4.98 Å². The Bertz CT molecular complexity index is 4800. The molecule has 0 spiro atoms. The second-order valence-corrected chi connectivity index (χ2v) is 30.5. The van der Waals surface area contributed by atoms with E-state index in [1.165, 1.54) is 43.2 Å². The molecule has 8 bridgehead atoms. The highest BCUT2D eigenvalue weighted by molar-refractivity contribution is 8.76. The van der Waals surface area contributed by atoms with E-state index >= 15 is 0 Å². The molecule has 119 heavy (non-hydrogen) atoms. The number of hydrazine groups is 1. The highest BCUT2D eigenvalue weighted by atomic mass is 33.1. The predicted octanol–water partition coefficient (Wildman–Crippen LogP) is 5.78. The third-order valence-electron chi connectivity index (χ3n) is 19.8. The third-order valence-corrected chi connectivity index (χ3v) is 22.2. The Morgan fingerprint density at radius 2 is 1.20 bits per heavy atom. The lowest BCUT2D eigenvalue weighted by Gasteiger charge is -2.19. The first-order valence-electron chi connectivity index (χ1n) is 39.0. The van der Waals surface area contributed by atoms with Gasteiger partial charge in [0.15, 0.2) is 22.7 Å². The van der Waals surface area contributed by atoms with Gasteiger partial charge >= 0.3 is 24.0 Å². The van der Waals surface area contributed by atoms with Crippen LogP contribution < -0.4 is 43.4 Å². The number of nitrogens with two attached hydrogens (primary N) is 1. The lowest BCUT2D eigenvalue weighted by atomic mass is 9.84. The number of anilines is 2. The fourth-order valence-corrected chi connectivity index (χ4v) is 15.5. The molecule has 1 aliphatic carbocycles. The summed E-state index contributed by atoms with van der Waals surface area (Å²) >= 11 is 0. The molecule has 1 aromatic carbocycles. The quantitative estimate of drug-likeness (QED) is 0.00537. The number of aliphatic carboxylic acids is 2. The Kier molecular flexibility index (Phi) is 36.2. The van der Waals surface area contributed by atoms with E-state index in [0.717, 1.165) is 28.6 Å². The fourth-order valence-electron chi connectivity index (χ4n) is 13.5.